The van der Waals surface area contributed by atoms with E-state index in [-0.39, 0.29) is 31.2 Å². The average molecular weight is 453 g/mol. The Balaban J connectivity index is 1.30. The molecule has 1 fully saturated rings. The van der Waals surface area contributed by atoms with Gasteiger partial charge in [-0.25, -0.2) is 0 Å². The summed E-state index contributed by atoms with van der Waals surface area (Å²) in [6.07, 6.45) is 2.65. The Kier molecular flexibility index (Phi) is 8.63. The predicted octanol–water partition coefficient (Wildman–Crippen LogP) is 3.79. The maximum Gasteiger partial charge on any atom is 0.258 e. The number of carbonyl (C=O) groups is 1. The SMILES string of the molecule is O=C(COc1ccc(Cl)cc1)NC1CCC(NC(O)COc2ccc(Cl)cc2)CC1. The highest BCUT2D eigenvalue weighted by atomic mass is 35.5. The summed E-state index contributed by atoms with van der Waals surface area (Å²) in [6.45, 7) is 0.126. The maximum atomic E-state index is 12.1. The van der Waals surface area contributed by atoms with Crippen LogP contribution in [0.1, 0.15) is 25.7 Å². The Hall–Kier alpha value is -1.99. The number of rotatable bonds is 9. The lowest BCUT2D eigenvalue weighted by Crippen LogP contribution is -2.47. The molecule has 0 aliphatic heterocycles. The van der Waals surface area contributed by atoms with E-state index in [0.717, 1.165) is 25.7 Å². The van der Waals surface area contributed by atoms with E-state index in [1.807, 2.05) is 0 Å². The zero-order chi connectivity index (χ0) is 21.3. The van der Waals surface area contributed by atoms with Gasteiger partial charge in [0.25, 0.3) is 5.91 Å². The van der Waals surface area contributed by atoms with Crippen LogP contribution in [-0.2, 0) is 4.79 Å². The van der Waals surface area contributed by atoms with Gasteiger partial charge in [-0.05, 0) is 74.2 Å². The van der Waals surface area contributed by atoms with Crippen molar-refractivity contribution in [2.75, 3.05) is 13.2 Å². The van der Waals surface area contributed by atoms with Crippen molar-refractivity contribution in [3.05, 3.63) is 58.6 Å². The second-order valence-corrected chi connectivity index (χ2v) is 8.18. The molecule has 3 rings (SSSR count). The summed E-state index contributed by atoms with van der Waals surface area (Å²) in [7, 11) is 0. The molecule has 1 aliphatic carbocycles. The number of benzene rings is 2. The molecule has 0 saturated heterocycles. The van der Waals surface area contributed by atoms with E-state index in [4.69, 9.17) is 32.7 Å². The molecule has 0 bridgehead atoms. The molecule has 1 unspecified atom stereocenters. The standard InChI is InChI=1S/C22H26Cl2N2O4/c23-15-1-9-19(10-2-15)29-13-21(27)25-17-5-7-18(8-6-17)26-22(28)14-30-20-11-3-16(24)4-12-20/h1-4,9-12,17-18,21,25,27H,5-8,13-14H2,(H,26,28). The van der Waals surface area contributed by atoms with Crippen LogP contribution in [0.25, 0.3) is 0 Å². The topological polar surface area (TPSA) is 79.8 Å². The van der Waals surface area contributed by atoms with E-state index in [1.54, 1.807) is 48.5 Å². The van der Waals surface area contributed by atoms with E-state index in [9.17, 15) is 9.90 Å². The van der Waals surface area contributed by atoms with Crippen molar-refractivity contribution < 1.29 is 19.4 Å². The first kappa shape index (κ1) is 22.7. The van der Waals surface area contributed by atoms with Crippen molar-refractivity contribution >= 4 is 29.1 Å². The monoisotopic (exact) mass is 452 g/mol. The number of amides is 1. The number of ether oxygens (including phenoxy) is 2. The average Bonchev–Trinajstić information content (AvgIpc) is 2.74. The van der Waals surface area contributed by atoms with Crippen LogP contribution in [0, 0.1) is 0 Å². The van der Waals surface area contributed by atoms with E-state index in [0.29, 0.717) is 21.5 Å². The van der Waals surface area contributed by atoms with Crippen molar-refractivity contribution in [2.24, 2.45) is 0 Å². The summed E-state index contributed by atoms with van der Waals surface area (Å²) in [5.74, 6) is 1.13. The van der Waals surface area contributed by atoms with E-state index in [2.05, 4.69) is 10.6 Å². The molecule has 1 atom stereocenters. The first-order valence-electron chi connectivity index (χ1n) is 9.98. The largest absolute Gasteiger partial charge is 0.489 e. The van der Waals surface area contributed by atoms with Crippen LogP contribution in [0.3, 0.4) is 0 Å². The number of carbonyl (C=O) groups excluding carboxylic acids is 1. The fourth-order valence-corrected chi connectivity index (χ4v) is 3.63. The Morgan fingerprint density at radius 3 is 1.97 bits per heavy atom. The minimum atomic E-state index is -0.760. The molecule has 1 saturated carbocycles. The van der Waals surface area contributed by atoms with E-state index >= 15 is 0 Å². The van der Waals surface area contributed by atoms with Crippen LogP contribution >= 0.6 is 23.2 Å². The molecule has 0 aromatic heterocycles. The zero-order valence-electron chi connectivity index (χ0n) is 16.5. The van der Waals surface area contributed by atoms with E-state index < -0.39 is 6.23 Å². The molecule has 162 valence electrons. The number of aliphatic hydroxyl groups is 1. The van der Waals surface area contributed by atoms with Gasteiger partial charge in [0.15, 0.2) is 6.61 Å². The lowest BCUT2D eigenvalue weighted by atomic mass is 9.91. The molecule has 0 heterocycles. The predicted molar refractivity (Wildman–Crippen MR) is 117 cm³/mol. The summed E-state index contributed by atoms with van der Waals surface area (Å²) < 4.78 is 11.0. The quantitative estimate of drug-likeness (QED) is 0.504. The molecule has 8 heteroatoms. The van der Waals surface area contributed by atoms with Gasteiger partial charge >= 0.3 is 0 Å². The Labute approximate surface area is 186 Å². The molecule has 1 amide bonds. The lowest BCUT2D eigenvalue weighted by Gasteiger charge is -2.31. The smallest absolute Gasteiger partial charge is 0.258 e. The van der Waals surface area contributed by atoms with Crippen molar-refractivity contribution in [1.82, 2.24) is 10.6 Å². The molecule has 2 aromatic rings. The minimum absolute atomic E-state index is 0.0272. The van der Waals surface area contributed by atoms with Gasteiger partial charge in [-0.2, -0.15) is 0 Å². The van der Waals surface area contributed by atoms with Crippen molar-refractivity contribution in [1.29, 1.82) is 0 Å². The number of hydrogen-bond acceptors (Lipinski definition) is 5. The van der Waals surface area contributed by atoms with Gasteiger partial charge in [0, 0.05) is 22.1 Å². The van der Waals surface area contributed by atoms with Gasteiger partial charge in [-0.1, -0.05) is 23.2 Å². The lowest BCUT2D eigenvalue weighted by molar-refractivity contribution is -0.124. The van der Waals surface area contributed by atoms with E-state index in [1.165, 1.54) is 0 Å². The number of hydrogen-bond donors (Lipinski definition) is 3. The Bertz CT molecular complexity index is 794. The summed E-state index contributed by atoms with van der Waals surface area (Å²) in [4.78, 5) is 12.1. The molecular weight excluding hydrogens is 427 g/mol. The van der Waals surface area contributed by atoms with Crippen LogP contribution in [0.4, 0.5) is 0 Å². The first-order chi connectivity index (χ1) is 14.5. The van der Waals surface area contributed by atoms with Crippen LogP contribution < -0.4 is 20.1 Å². The third kappa shape index (κ3) is 7.69. The van der Waals surface area contributed by atoms with Crippen molar-refractivity contribution in [3.8, 4) is 11.5 Å². The third-order valence-electron chi connectivity index (χ3n) is 4.93. The van der Waals surface area contributed by atoms with Gasteiger partial charge in [-0.3, -0.25) is 10.1 Å². The summed E-state index contributed by atoms with van der Waals surface area (Å²) in [6, 6.07) is 14.2. The van der Waals surface area contributed by atoms with Gasteiger partial charge in [0.1, 0.15) is 24.3 Å². The first-order valence-corrected chi connectivity index (χ1v) is 10.7. The fourth-order valence-electron chi connectivity index (χ4n) is 3.38. The number of halogens is 2. The van der Waals surface area contributed by atoms with Crippen LogP contribution in [0.2, 0.25) is 10.0 Å². The van der Waals surface area contributed by atoms with Crippen LogP contribution in [0.5, 0.6) is 11.5 Å². The van der Waals surface area contributed by atoms with Gasteiger partial charge in [0.05, 0.1) is 0 Å². The summed E-state index contributed by atoms with van der Waals surface area (Å²) in [5.41, 5.74) is 0. The van der Waals surface area contributed by atoms with Gasteiger partial charge in [0.2, 0.25) is 0 Å². The van der Waals surface area contributed by atoms with Gasteiger partial charge in [-0.15, -0.1) is 0 Å². The van der Waals surface area contributed by atoms with Gasteiger partial charge < -0.3 is 19.9 Å². The van der Waals surface area contributed by atoms with Crippen LogP contribution in [0.15, 0.2) is 48.5 Å². The second kappa shape index (κ2) is 11.4. The number of aliphatic hydroxyl groups excluding tert-OH is 1. The van der Waals surface area contributed by atoms with Crippen LogP contribution in [-0.4, -0.2) is 42.5 Å². The molecule has 30 heavy (non-hydrogen) atoms. The molecule has 1 aliphatic rings. The maximum absolute atomic E-state index is 12.1. The highest BCUT2D eigenvalue weighted by molar-refractivity contribution is 6.30. The number of nitrogens with one attached hydrogen (secondary N) is 2. The van der Waals surface area contributed by atoms with Crippen molar-refractivity contribution in [3.63, 3.8) is 0 Å². The molecule has 3 N–H and O–H groups in total. The summed E-state index contributed by atoms with van der Waals surface area (Å²) in [5, 5.41) is 17.6. The molecular formula is C22H26Cl2N2O4. The summed E-state index contributed by atoms with van der Waals surface area (Å²) >= 11 is 11.7. The Morgan fingerprint density at radius 1 is 0.900 bits per heavy atom. The second-order valence-electron chi connectivity index (χ2n) is 7.31. The third-order valence-corrected chi connectivity index (χ3v) is 5.43. The normalized spacial score (nSPS) is 19.7. The molecule has 6 nitrogen and oxygen atoms in total. The molecule has 0 radical (unpaired) electrons. The fraction of sp³-hybridized carbons (Fsp3) is 0.409. The molecule has 0 spiro atoms. The molecule has 2 aromatic carbocycles. The Morgan fingerprint density at radius 2 is 1.40 bits per heavy atom. The van der Waals surface area contributed by atoms with Crippen molar-refractivity contribution in [2.45, 2.75) is 44.0 Å². The highest BCUT2D eigenvalue weighted by Gasteiger charge is 2.24. The zero-order valence-corrected chi connectivity index (χ0v) is 18.0. The minimum Gasteiger partial charge on any atom is -0.489 e. The highest BCUT2D eigenvalue weighted by Crippen LogP contribution is 2.20.